The summed E-state index contributed by atoms with van der Waals surface area (Å²) in [5.74, 6) is 1.78. The molecule has 2 rings (SSSR count). The molecule has 1 unspecified atom stereocenters. The number of aromatic nitrogens is 2. The van der Waals surface area contributed by atoms with E-state index < -0.39 is 0 Å². The van der Waals surface area contributed by atoms with E-state index in [1.807, 2.05) is 23.5 Å². The van der Waals surface area contributed by atoms with E-state index in [9.17, 15) is 0 Å². The van der Waals surface area contributed by atoms with Gasteiger partial charge in [-0.05, 0) is 25.6 Å². The zero-order valence-electron chi connectivity index (χ0n) is 13.1. The van der Waals surface area contributed by atoms with Crippen LogP contribution in [0.5, 0.6) is 5.75 Å². The van der Waals surface area contributed by atoms with Gasteiger partial charge in [-0.25, -0.2) is 0 Å². The highest BCUT2D eigenvalue weighted by Gasteiger charge is 2.20. The molecule has 0 saturated carbocycles. The minimum atomic E-state index is 0.212. The molecular formula is C16H23N3OS. The van der Waals surface area contributed by atoms with E-state index in [1.165, 1.54) is 10.5 Å². The van der Waals surface area contributed by atoms with Crippen molar-refractivity contribution in [2.24, 2.45) is 7.05 Å². The lowest BCUT2D eigenvalue weighted by Crippen LogP contribution is -2.25. The van der Waals surface area contributed by atoms with Gasteiger partial charge in [-0.2, -0.15) is 5.10 Å². The highest BCUT2D eigenvalue weighted by molar-refractivity contribution is 7.99. The molecule has 5 heteroatoms. The van der Waals surface area contributed by atoms with Gasteiger partial charge in [-0.15, -0.1) is 11.8 Å². The van der Waals surface area contributed by atoms with Crippen molar-refractivity contribution in [2.45, 2.75) is 24.8 Å². The summed E-state index contributed by atoms with van der Waals surface area (Å²) in [5.41, 5.74) is 2.38. The molecule has 4 nitrogen and oxygen atoms in total. The fourth-order valence-corrected chi connectivity index (χ4v) is 3.24. The Kier molecular flexibility index (Phi) is 5.70. The Labute approximate surface area is 130 Å². The molecule has 0 saturated heterocycles. The number of thioether (sulfide) groups is 1. The Hall–Kier alpha value is -1.46. The number of benzene rings is 1. The summed E-state index contributed by atoms with van der Waals surface area (Å²) in [6.07, 6.45) is 1.77. The smallest absolute Gasteiger partial charge is 0.161 e. The van der Waals surface area contributed by atoms with Crippen molar-refractivity contribution >= 4 is 11.8 Å². The highest BCUT2D eigenvalue weighted by atomic mass is 32.2. The SMILES string of the molecule is CCNC(CSc1ccc(C)cc1)c1c(OC)cnn1C. The molecule has 0 amide bonds. The average molecular weight is 305 g/mol. The third-order valence-corrected chi connectivity index (χ3v) is 4.49. The average Bonchev–Trinajstić information content (AvgIpc) is 2.86. The van der Waals surface area contributed by atoms with Crippen LogP contribution in [0.4, 0.5) is 0 Å². The van der Waals surface area contributed by atoms with Crippen LogP contribution >= 0.6 is 11.8 Å². The van der Waals surface area contributed by atoms with Crippen LogP contribution < -0.4 is 10.1 Å². The van der Waals surface area contributed by atoms with Crippen LogP contribution in [-0.2, 0) is 7.05 Å². The van der Waals surface area contributed by atoms with E-state index in [0.717, 1.165) is 23.7 Å². The maximum Gasteiger partial charge on any atom is 0.161 e. The fraction of sp³-hybridized carbons (Fsp3) is 0.438. The Morgan fingerprint density at radius 1 is 1.33 bits per heavy atom. The first kappa shape index (κ1) is 15.9. The summed E-state index contributed by atoms with van der Waals surface area (Å²) in [6, 6.07) is 8.85. The number of aryl methyl sites for hydroxylation is 2. The molecule has 0 spiro atoms. The molecule has 0 aliphatic heterocycles. The van der Waals surface area contributed by atoms with E-state index in [4.69, 9.17) is 4.74 Å². The molecule has 1 heterocycles. The monoisotopic (exact) mass is 305 g/mol. The van der Waals surface area contributed by atoms with Crippen molar-refractivity contribution in [1.29, 1.82) is 0 Å². The molecule has 1 aromatic carbocycles. The molecule has 0 fully saturated rings. The van der Waals surface area contributed by atoms with Crippen molar-refractivity contribution in [2.75, 3.05) is 19.4 Å². The third-order valence-electron chi connectivity index (χ3n) is 3.39. The lowest BCUT2D eigenvalue weighted by atomic mass is 10.2. The number of hydrogen-bond donors (Lipinski definition) is 1. The van der Waals surface area contributed by atoms with E-state index in [2.05, 4.69) is 48.5 Å². The van der Waals surface area contributed by atoms with Gasteiger partial charge in [0.1, 0.15) is 0 Å². The Balaban J connectivity index is 2.11. The standard InChI is InChI=1S/C16H23N3OS/c1-5-17-14(16-15(20-4)10-18-19(16)3)11-21-13-8-6-12(2)7-9-13/h6-10,14,17H,5,11H2,1-4H3. The van der Waals surface area contributed by atoms with E-state index in [1.54, 1.807) is 13.3 Å². The summed E-state index contributed by atoms with van der Waals surface area (Å²) in [4.78, 5) is 1.28. The van der Waals surface area contributed by atoms with Crippen LogP contribution in [0.15, 0.2) is 35.4 Å². The number of nitrogens with zero attached hydrogens (tertiary/aromatic N) is 2. The summed E-state index contributed by atoms with van der Waals surface area (Å²) in [5, 5.41) is 7.82. The van der Waals surface area contributed by atoms with Crippen LogP contribution in [0.3, 0.4) is 0 Å². The molecule has 2 aromatic rings. The van der Waals surface area contributed by atoms with Gasteiger partial charge >= 0.3 is 0 Å². The van der Waals surface area contributed by atoms with Crippen LogP contribution in [-0.4, -0.2) is 29.2 Å². The predicted octanol–water partition coefficient (Wildman–Crippen LogP) is 3.18. The van der Waals surface area contributed by atoms with Crippen molar-refractivity contribution < 1.29 is 4.74 Å². The van der Waals surface area contributed by atoms with Gasteiger partial charge in [0.25, 0.3) is 0 Å². The number of hydrogen-bond acceptors (Lipinski definition) is 4. The first-order chi connectivity index (χ1) is 10.2. The van der Waals surface area contributed by atoms with Gasteiger partial charge < -0.3 is 10.1 Å². The largest absolute Gasteiger partial charge is 0.493 e. The van der Waals surface area contributed by atoms with Crippen molar-refractivity contribution in [3.05, 3.63) is 41.7 Å². The summed E-state index contributed by atoms with van der Waals surface area (Å²) in [6.45, 7) is 5.14. The van der Waals surface area contributed by atoms with Crippen molar-refractivity contribution in [3.8, 4) is 5.75 Å². The molecule has 114 valence electrons. The van der Waals surface area contributed by atoms with Crippen LogP contribution in [0, 0.1) is 6.92 Å². The topological polar surface area (TPSA) is 39.1 Å². The first-order valence-corrected chi connectivity index (χ1v) is 8.13. The van der Waals surface area contributed by atoms with Crippen molar-refractivity contribution in [1.82, 2.24) is 15.1 Å². The first-order valence-electron chi connectivity index (χ1n) is 7.14. The Bertz CT molecular complexity index is 565. The molecule has 1 aromatic heterocycles. The van der Waals surface area contributed by atoms with E-state index in [-0.39, 0.29) is 6.04 Å². The minimum absolute atomic E-state index is 0.212. The maximum atomic E-state index is 5.43. The van der Waals surface area contributed by atoms with Gasteiger partial charge in [0.2, 0.25) is 0 Å². The molecule has 0 bridgehead atoms. The number of nitrogens with one attached hydrogen (secondary N) is 1. The quantitative estimate of drug-likeness (QED) is 0.798. The van der Waals surface area contributed by atoms with Gasteiger partial charge in [0.05, 0.1) is 25.0 Å². The molecule has 0 radical (unpaired) electrons. The summed E-state index contributed by atoms with van der Waals surface area (Å²) >= 11 is 1.84. The van der Waals surface area contributed by atoms with Gasteiger partial charge in [0.15, 0.2) is 5.75 Å². The van der Waals surface area contributed by atoms with Crippen molar-refractivity contribution in [3.63, 3.8) is 0 Å². The molecule has 0 aliphatic rings. The molecule has 1 atom stereocenters. The van der Waals surface area contributed by atoms with Gasteiger partial charge in [-0.1, -0.05) is 24.6 Å². The Morgan fingerprint density at radius 2 is 2.05 bits per heavy atom. The second kappa shape index (κ2) is 7.52. The summed E-state index contributed by atoms with van der Waals surface area (Å²) < 4.78 is 7.32. The lowest BCUT2D eigenvalue weighted by molar-refractivity contribution is 0.399. The predicted molar refractivity (Wildman–Crippen MR) is 88.1 cm³/mol. The lowest BCUT2D eigenvalue weighted by Gasteiger charge is -2.19. The molecule has 1 N–H and O–H groups in total. The van der Waals surface area contributed by atoms with E-state index >= 15 is 0 Å². The number of rotatable bonds is 7. The zero-order chi connectivity index (χ0) is 15.2. The van der Waals surface area contributed by atoms with Crippen LogP contribution in [0.2, 0.25) is 0 Å². The minimum Gasteiger partial charge on any atom is -0.493 e. The van der Waals surface area contributed by atoms with Crippen LogP contribution in [0.1, 0.15) is 24.2 Å². The second-order valence-electron chi connectivity index (χ2n) is 4.96. The molecular weight excluding hydrogens is 282 g/mol. The van der Waals surface area contributed by atoms with Gasteiger partial charge in [0, 0.05) is 17.7 Å². The Morgan fingerprint density at radius 3 is 2.67 bits per heavy atom. The number of ether oxygens (including phenoxy) is 1. The number of methoxy groups -OCH3 is 1. The van der Waals surface area contributed by atoms with E-state index in [0.29, 0.717) is 0 Å². The fourth-order valence-electron chi connectivity index (χ4n) is 2.28. The third kappa shape index (κ3) is 4.02. The maximum absolute atomic E-state index is 5.43. The molecule has 0 aliphatic carbocycles. The summed E-state index contributed by atoms with van der Waals surface area (Å²) in [7, 11) is 3.65. The molecule has 21 heavy (non-hydrogen) atoms. The zero-order valence-corrected chi connectivity index (χ0v) is 13.9. The normalized spacial score (nSPS) is 12.4. The highest BCUT2D eigenvalue weighted by Crippen LogP contribution is 2.29. The van der Waals surface area contributed by atoms with Crippen LogP contribution in [0.25, 0.3) is 0 Å². The second-order valence-corrected chi connectivity index (χ2v) is 6.05. The van der Waals surface area contributed by atoms with Gasteiger partial charge in [-0.3, -0.25) is 4.68 Å².